The van der Waals surface area contributed by atoms with E-state index in [2.05, 4.69) is 160 Å². The van der Waals surface area contributed by atoms with Crippen molar-refractivity contribution >= 4 is 23.2 Å². The maximum Gasteiger partial charge on any atom is 0.119 e. The second-order valence-electron chi connectivity index (χ2n) is 15.1. The first-order valence-electron chi connectivity index (χ1n) is 22.8. The number of aryl methyl sites for hydroxylation is 1. The van der Waals surface area contributed by atoms with Gasteiger partial charge in [0.2, 0.25) is 0 Å². The van der Waals surface area contributed by atoms with E-state index >= 15 is 0 Å². The van der Waals surface area contributed by atoms with Crippen LogP contribution in [0.25, 0.3) is 0 Å². The van der Waals surface area contributed by atoms with Gasteiger partial charge >= 0.3 is 0 Å². The van der Waals surface area contributed by atoms with Gasteiger partial charge < -0.3 is 14.2 Å². The number of benzene rings is 5. The predicted octanol–water partition coefficient (Wildman–Crippen LogP) is 13.1. The molecular formula is C54H77NO3P+. The summed E-state index contributed by atoms with van der Waals surface area (Å²) in [5, 5.41) is 4.43. The molecule has 59 heavy (non-hydrogen) atoms. The van der Waals surface area contributed by atoms with Crippen LogP contribution in [0.1, 0.15) is 110 Å². The Balaban J connectivity index is 0.000000935. The number of likely N-dealkylation sites (N-methyl/N-ethyl adjacent to an activating group) is 1. The number of unbranched alkanes of at least 4 members (excludes halogenated alkanes) is 8. The van der Waals surface area contributed by atoms with Gasteiger partial charge in [0, 0.05) is 13.1 Å². The van der Waals surface area contributed by atoms with Crippen molar-refractivity contribution in [1.29, 1.82) is 0 Å². The molecule has 5 heteroatoms. The zero-order valence-electron chi connectivity index (χ0n) is 37.6. The van der Waals surface area contributed by atoms with Gasteiger partial charge in [0.05, 0.1) is 26.0 Å². The molecule has 5 rings (SSSR count). The van der Waals surface area contributed by atoms with E-state index in [1.165, 1.54) is 91.0 Å². The zero-order valence-corrected chi connectivity index (χ0v) is 38.5. The van der Waals surface area contributed by atoms with Gasteiger partial charge in [-0.15, -0.1) is 0 Å². The molecule has 0 aliphatic heterocycles. The monoisotopic (exact) mass is 819 g/mol. The Hall–Kier alpha value is -3.95. The van der Waals surface area contributed by atoms with Crippen molar-refractivity contribution in [2.75, 3.05) is 46.2 Å². The summed E-state index contributed by atoms with van der Waals surface area (Å²) in [7, 11) is 0.403. The van der Waals surface area contributed by atoms with Crippen LogP contribution in [0.5, 0.6) is 11.5 Å². The molecular weight excluding hydrogens is 742 g/mol. The van der Waals surface area contributed by atoms with Gasteiger partial charge in [-0.3, -0.25) is 4.90 Å². The zero-order chi connectivity index (χ0) is 42.2. The molecule has 0 aromatic heterocycles. The third-order valence-electron chi connectivity index (χ3n) is 10.5. The first-order valence-corrected chi connectivity index (χ1v) is 24.8. The first-order chi connectivity index (χ1) is 29.1. The minimum Gasteiger partial charge on any atom is -0.494 e. The van der Waals surface area contributed by atoms with Crippen molar-refractivity contribution in [2.45, 2.75) is 112 Å². The number of nitrogens with zero attached hydrogens (tertiary/aromatic N) is 1. The summed E-state index contributed by atoms with van der Waals surface area (Å²) in [5.74, 6) is 1.85. The Labute approximate surface area is 361 Å². The van der Waals surface area contributed by atoms with Crippen molar-refractivity contribution in [1.82, 2.24) is 4.90 Å². The first kappa shape index (κ1) is 49.4. The van der Waals surface area contributed by atoms with E-state index in [4.69, 9.17) is 14.2 Å². The molecule has 0 N–H and O–H groups in total. The van der Waals surface area contributed by atoms with Gasteiger partial charge in [-0.25, -0.2) is 0 Å². The van der Waals surface area contributed by atoms with Crippen LogP contribution in [0.4, 0.5) is 0 Å². The van der Waals surface area contributed by atoms with Crippen LogP contribution in [0.2, 0.25) is 0 Å². The second kappa shape index (κ2) is 31.0. The van der Waals surface area contributed by atoms with Gasteiger partial charge in [-0.1, -0.05) is 158 Å². The molecule has 0 saturated carbocycles. The van der Waals surface area contributed by atoms with Crippen molar-refractivity contribution in [3.05, 3.63) is 151 Å². The molecule has 0 aliphatic carbocycles. The Morgan fingerprint density at radius 2 is 0.881 bits per heavy atom. The lowest BCUT2D eigenvalue weighted by Crippen LogP contribution is -2.33. The van der Waals surface area contributed by atoms with E-state index < -0.39 is 7.26 Å². The molecule has 0 fully saturated rings. The van der Waals surface area contributed by atoms with Crippen LogP contribution < -0.4 is 25.4 Å². The summed E-state index contributed by atoms with van der Waals surface area (Å²) in [5.41, 5.74) is 2.60. The molecule has 4 nitrogen and oxygen atoms in total. The molecule has 5 aromatic rings. The lowest BCUT2D eigenvalue weighted by molar-refractivity contribution is 0.0836. The van der Waals surface area contributed by atoms with E-state index in [-0.39, 0.29) is 0 Å². The predicted molar refractivity (Wildman–Crippen MR) is 259 cm³/mol. The maximum atomic E-state index is 6.11. The van der Waals surface area contributed by atoms with Crippen molar-refractivity contribution in [3.63, 3.8) is 0 Å². The molecule has 0 aliphatic rings. The fraction of sp³-hybridized carbons (Fsp3) is 0.444. The van der Waals surface area contributed by atoms with Gasteiger partial charge in [0.15, 0.2) is 0 Å². The van der Waals surface area contributed by atoms with Gasteiger partial charge in [-0.2, -0.15) is 0 Å². The van der Waals surface area contributed by atoms with E-state index in [0.29, 0.717) is 19.8 Å². The molecule has 0 spiro atoms. The maximum absolute atomic E-state index is 6.11. The molecule has 0 heterocycles. The van der Waals surface area contributed by atoms with Crippen molar-refractivity contribution in [3.8, 4) is 11.5 Å². The second-order valence-corrected chi connectivity index (χ2v) is 18.7. The summed E-state index contributed by atoms with van der Waals surface area (Å²) >= 11 is 0. The highest BCUT2D eigenvalue weighted by molar-refractivity contribution is 7.95. The van der Waals surface area contributed by atoms with Gasteiger partial charge in [0.25, 0.3) is 0 Å². The van der Waals surface area contributed by atoms with Crippen LogP contribution in [-0.2, 0) is 17.7 Å². The van der Waals surface area contributed by atoms with E-state index in [1.54, 1.807) is 0 Å². The molecule has 0 saturated heterocycles. The molecule has 0 unspecified atom stereocenters. The summed E-state index contributed by atoms with van der Waals surface area (Å²) in [6.07, 6.45) is 15.2. The largest absolute Gasteiger partial charge is 0.494 e. The Morgan fingerprint density at radius 3 is 1.37 bits per heavy atom. The van der Waals surface area contributed by atoms with E-state index in [0.717, 1.165) is 44.0 Å². The molecule has 0 atom stereocenters. The third kappa shape index (κ3) is 18.5. The molecule has 0 bridgehead atoms. The van der Waals surface area contributed by atoms with Crippen LogP contribution in [0.15, 0.2) is 140 Å². The highest BCUT2D eigenvalue weighted by atomic mass is 31.2. The average molecular weight is 819 g/mol. The highest BCUT2D eigenvalue weighted by Crippen LogP contribution is 2.56. The minimum atomic E-state index is -1.73. The van der Waals surface area contributed by atoms with Crippen LogP contribution >= 0.6 is 7.26 Å². The van der Waals surface area contributed by atoms with Gasteiger partial charge in [-0.05, 0) is 105 Å². The summed E-state index contributed by atoms with van der Waals surface area (Å²) < 4.78 is 17.7. The number of ether oxygens (including phenoxy) is 3. The smallest absolute Gasteiger partial charge is 0.119 e. The average Bonchev–Trinajstić information content (AvgIpc) is 3.30. The normalized spacial score (nSPS) is 11.0. The molecule has 320 valence electrons. The molecule has 5 aromatic carbocycles. The summed E-state index contributed by atoms with van der Waals surface area (Å²) in [6, 6.07) is 50.5. The fourth-order valence-corrected chi connectivity index (χ4v) is 11.6. The third-order valence-corrected chi connectivity index (χ3v) is 15.1. The molecule has 0 radical (unpaired) electrons. The lowest BCUT2D eigenvalue weighted by atomic mass is 10.1. The summed E-state index contributed by atoms with van der Waals surface area (Å²) in [6.45, 7) is 15.0. The number of rotatable bonds is 26. The lowest BCUT2D eigenvalue weighted by Gasteiger charge is -2.27. The van der Waals surface area contributed by atoms with E-state index in [9.17, 15) is 0 Å². The quantitative estimate of drug-likeness (QED) is 0.0411. The topological polar surface area (TPSA) is 30.9 Å². The van der Waals surface area contributed by atoms with Crippen molar-refractivity contribution in [2.24, 2.45) is 0 Å². The standard InChI is InChI=1S/C45H55NO3P.C7H16.C2H6/c1-3-39-24-28-42(29-25-39)49-36-35-47-34-32-46(2)38-40-26-30-41(31-27-40)48-33-16-5-4-6-17-37-50(43-18-10-7-11-19-43,44-20-12-8-13-21-44)45-22-14-9-15-23-45;1-3-5-7-6-4-2;1-2/h7-15,18-31H,3-6,16-17,32-38H2,1-2H3;3-7H2,1-2H3;1-2H3/q+1;;. The summed E-state index contributed by atoms with van der Waals surface area (Å²) in [4.78, 5) is 2.28. The SMILES string of the molecule is CC.CCCCCCC.CCc1ccc(OCCOCCN(C)Cc2ccc(OCCCCCCC[P+](c3ccccc3)(c3ccccc3)c3ccccc3)cc2)cc1. The van der Waals surface area contributed by atoms with E-state index in [1.807, 2.05) is 26.0 Å². The Bertz CT molecular complexity index is 1600. The molecule has 0 amide bonds. The van der Waals surface area contributed by atoms with Crippen LogP contribution in [0, 0.1) is 0 Å². The fourth-order valence-electron chi connectivity index (χ4n) is 7.17. The highest BCUT2D eigenvalue weighted by Gasteiger charge is 2.44. The minimum absolute atomic E-state index is 0.566. The number of hydrogen-bond donors (Lipinski definition) is 0. The Kier molecular flexibility index (Phi) is 26.0. The van der Waals surface area contributed by atoms with Gasteiger partial charge in [0.1, 0.15) is 41.3 Å². The van der Waals surface area contributed by atoms with Crippen molar-refractivity contribution < 1.29 is 14.2 Å². The number of hydrogen-bond acceptors (Lipinski definition) is 4. The van der Waals surface area contributed by atoms with Crippen LogP contribution in [-0.4, -0.2) is 51.1 Å². The van der Waals surface area contributed by atoms with Crippen LogP contribution in [0.3, 0.4) is 0 Å². The Morgan fingerprint density at radius 1 is 0.441 bits per heavy atom.